The van der Waals surface area contributed by atoms with Gasteiger partial charge in [0.2, 0.25) is 0 Å². The number of phenols is 1. The van der Waals surface area contributed by atoms with Crippen molar-refractivity contribution in [2.75, 3.05) is 13.7 Å². The number of aromatic hydroxyl groups is 1. The SMILES string of the molecule is CCOc1cc(/C=C2\SC(=Nc3ccc(C(C)=O)cc3)N(C)C2=O)ccc1O. The first-order chi connectivity index (χ1) is 13.4. The number of hydrogen-bond acceptors (Lipinski definition) is 6. The van der Waals surface area contributed by atoms with Crippen LogP contribution in [0, 0.1) is 0 Å². The maximum Gasteiger partial charge on any atom is 0.266 e. The molecule has 1 fully saturated rings. The molecule has 0 radical (unpaired) electrons. The molecule has 0 spiro atoms. The highest BCUT2D eigenvalue weighted by Gasteiger charge is 2.30. The topological polar surface area (TPSA) is 79.2 Å². The fourth-order valence-electron chi connectivity index (χ4n) is 2.58. The molecule has 1 heterocycles. The standard InChI is InChI=1S/C21H20N2O4S/c1-4-27-18-11-14(5-10-17(18)25)12-19-20(26)23(3)21(28-19)22-16-8-6-15(7-9-16)13(2)24/h5-12,25H,4H2,1-3H3/b19-12-,22-21?. The molecule has 0 atom stereocenters. The largest absolute Gasteiger partial charge is 0.504 e. The van der Waals surface area contributed by atoms with Crippen LogP contribution in [0.15, 0.2) is 52.4 Å². The maximum absolute atomic E-state index is 12.6. The summed E-state index contributed by atoms with van der Waals surface area (Å²) in [6, 6.07) is 11.9. The lowest BCUT2D eigenvalue weighted by atomic mass is 10.1. The number of benzene rings is 2. The zero-order valence-corrected chi connectivity index (χ0v) is 16.6. The molecule has 0 bridgehead atoms. The Morgan fingerprint density at radius 1 is 1.25 bits per heavy atom. The summed E-state index contributed by atoms with van der Waals surface area (Å²) in [4.78, 5) is 30.5. The summed E-state index contributed by atoms with van der Waals surface area (Å²) in [5.74, 6) is 0.269. The van der Waals surface area contributed by atoms with E-state index in [4.69, 9.17) is 4.74 Å². The quantitative estimate of drug-likeness (QED) is 0.604. The van der Waals surface area contributed by atoms with Crippen molar-refractivity contribution in [2.45, 2.75) is 13.8 Å². The number of thioether (sulfide) groups is 1. The monoisotopic (exact) mass is 396 g/mol. The van der Waals surface area contributed by atoms with E-state index in [1.165, 1.54) is 29.7 Å². The number of amidine groups is 1. The fraction of sp³-hybridized carbons (Fsp3) is 0.190. The Labute approximate surface area is 167 Å². The van der Waals surface area contributed by atoms with Crippen LogP contribution < -0.4 is 4.74 Å². The van der Waals surface area contributed by atoms with Gasteiger partial charge in [-0.05, 0) is 73.6 Å². The average molecular weight is 396 g/mol. The molecule has 3 rings (SSSR count). The highest BCUT2D eigenvalue weighted by Crippen LogP contribution is 2.34. The van der Waals surface area contributed by atoms with Crippen LogP contribution in [0.25, 0.3) is 6.08 Å². The number of carbonyl (C=O) groups excluding carboxylic acids is 2. The van der Waals surface area contributed by atoms with Gasteiger partial charge in [0.25, 0.3) is 5.91 Å². The molecule has 0 unspecified atom stereocenters. The van der Waals surface area contributed by atoms with E-state index in [2.05, 4.69) is 4.99 Å². The molecular formula is C21H20N2O4S. The van der Waals surface area contributed by atoms with Gasteiger partial charge in [0.1, 0.15) is 0 Å². The lowest BCUT2D eigenvalue weighted by molar-refractivity contribution is -0.121. The van der Waals surface area contributed by atoms with E-state index >= 15 is 0 Å². The molecule has 1 N–H and O–H groups in total. The zero-order valence-electron chi connectivity index (χ0n) is 15.8. The molecule has 6 nitrogen and oxygen atoms in total. The smallest absolute Gasteiger partial charge is 0.266 e. The molecule has 2 aromatic carbocycles. The minimum atomic E-state index is -0.157. The second-order valence-corrected chi connectivity index (χ2v) is 7.14. The first kappa shape index (κ1) is 19.7. The average Bonchev–Trinajstić information content (AvgIpc) is 2.93. The van der Waals surface area contributed by atoms with E-state index in [9.17, 15) is 14.7 Å². The Balaban J connectivity index is 1.85. The van der Waals surface area contributed by atoms with Crippen LogP contribution in [0.4, 0.5) is 5.69 Å². The van der Waals surface area contributed by atoms with Crippen molar-refractivity contribution < 1.29 is 19.4 Å². The van der Waals surface area contributed by atoms with Crippen molar-refractivity contribution in [1.29, 1.82) is 0 Å². The predicted molar refractivity (Wildman–Crippen MR) is 111 cm³/mol. The van der Waals surface area contributed by atoms with E-state index in [-0.39, 0.29) is 17.4 Å². The number of likely N-dealkylation sites (N-methyl/N-ethyl adjacent to an activating group) is 1. The number of nitrogens with zero attached hydrogens (tertiary/aromatic N) is 2. The predicted octanol–water partition coefficient (Wildman–Crippen LogP) is 4.23. The van der Waals surface area contributed by atoms with Gasteiger partial charge in [-0.15, -0.1) is 0 Å². The summed E-state index contributed by atoms with van der Waals surface area (Å²) in [5.41, 5.74) is 2.03. The second-order valence-electron chi connectivity index (χ2n) is 6.13. The molecule has 7 heteroatoms. The van der Waals surface area contributed by atoms with Gasteiger partial charge in [0.05, 0.1) is 17.2 Å². The van der Waals surface area contributed by atoms with E-state index in [1.54, 1.807) is 49.5 Å². The number of hydrogen-bond donors (Lipinski definition) is 1. The van der Waals surface area contributed by atoms with Gasteiger partial charge in [-0.1, -0.05) is 6.07 Å². The first-order valence-corrected chi connectivity index (χ1v) is 9.53. The highest BCUT2D eigenvalue weighted by molar-refractivity contribution is 8.18. The summed E-state index contributed by atoms with van der Waals surface area (Å²) in [7, 11) is 1.67. The van der Waals surface area contributed by atoms with Gasteiger partial charge >= 0.3 is 0 Å². The Morgan fingerprint density at radius 2 is 1.96 bits per heavy atom. The summed E-state index contributed by atoms with van der Waals surface area (Å²) >= 11 is 1.27. The third-order valence-electron chi connectivity index (χ3n) is 4.08. The van der Waals surface area contributed by atoms with Crippen molar-refractivity contribution in [3.63, 3.8) is 0 Å². The van der Waals surface area contributed by atoms with E-state index < -0.39 is 0 Å². The highest BCUT2D eigenvalue weighted by atomic mass is 32.2. The van der Waals surface area contributed by atoms with E-state index in [0.717, 1.165) is 5.56 Å². The summed E-state index contributed by atoms with van der Waals surface area (Å²) in [5, 5.41) is 10.4. The Hall–Kier alpha value is -3.06. The van der Waals surface area contributed by atoms with Crippen LogP contribution in [0.2, 0.25) is 0 Å². The molecule has 0 aliphatic carbocycles. The number of ether oxygens (including phenoxy) is 1. The number of phenolic OH excluding ortho intramolecular Hbond substituents is 1. The van der Waals surface area contributed by atoms with Gasteiger partial charge in [-0.3, -0.25) is 14.5 Å². The van der Waals surface area contributed by atoms with Crippen LogP contribution in [-0.4, -0.2) is 40.5 Å². The summed E-state index contributed by atoms with van der Waals surface area (Å²) < 4.78 is 5.39. The van der Waals surface area contributed by atoms with Crippen LogP contribution in [0.1, 0.15) is 29.8 Å². The molecule has 0 saturated carbocycles. The third kappa shape index (κ3) is 4.26. The Bertz CT molecular complexity index is 980. The molecule has 1 saturated heterocycles. The lowest BCUT2D eigenvalue weighted by Gasteiger charge is -2.07. The Morgan fingerprint density at radius 3 is 2.61 bits per heavy atom. The lowest BCUT2D eigenvalue weighted by Crippen LogP contribution is -2.23. The van der Waals surface area contributed by atoms with Gasteiger partial charge < -0.3 is 9.84 Å². The van der Waals surface area contributed by atoms with Crippen LogP contribution in [-0.2, 0) is 4.79 Å². The number of carbonyl (C=O) groups is 2. The molecule has 1 aliphatic heterocycles. The molecule has 144 valence electrons. The van der Waals surface area contributed by atoms with Crippen molar-refractivity contribution >= 4 is 40.4 Å². The van der Waals surface area contributed by atoms with Crippen molar-refractivity contribution in [2.24, 2.45) is 4.99 Å². The van der Waals surface area contributed by atoms with Crippen molar-refractivity contribution in [3.05, 3.63) is 58.5 Å². The number of rotatable bonds is 5. The molecular weight excluding hydrogens is 376 g/mol. The van der Waals surface area contributed by atoms with Crippen molar-refractivity contribution in [1.82, 2.24) is 4.90 Å². The fourth-order valence-corrected chi connectivity index (χ4v) is 3.56. The van der Waals surface area contributed by atoms with Crippen LogP contribution >= 0.6 is 11.8 Å². The Kier molecular flexibility index (Phi) is 5.84. The number of amides is 1. The number of ketones is 1. The zero-order chi connectivity index (χ0) is 20.3. The van der Waals surface area contributed by atoms with Gasteiger partial charge in [-0.2, -0.15) is 0 Å². The third-order valence-corrected chi connectivity index (χ3v) is 5.14. The van der Waals surface area contributed by atoms with E-state index in [1.807, 2.05) is 6.92 Å². The van der Waals surface area contributed by atoms with E-state index in [0.29, 0.717) is 33.7 Å². The van der Waals surface area contributed by atoms with Crippen LogP contribution in [0.5, 0.6) is 11.5 Å². The normalized spacial score (nSPS) is 16.8. The summed E-state index contributed by atoms with van der Waals surface area (Å²) in [6.45, 7) is 3.78. The van der Waals surface area contributed by atoms with Crippen LogP contribution in [0.3, 0.4) is 0 Å². The van der Waals surface area contributed by atoms with Gasteiger partial charge in [0.15, 0.2) is 22.4 Å². The molecule has 2 aromatic rings. The summed E-state index contributed by atoms with van der Waals surface area (Å²) in [6.07, 6.45) is 1.74. The molecule has 0 aromatic heterocycles. The van der Waals surface area contributed by atoms with Gasteiger partial charge in [0, 0.05) is 12.6 Å². The molecule has 28 heavy (non-hydrogen) atoms. The number of Topliss-reactive ketones (excluding diaryl/α,β-unsaturated/α-hetero) is 1. The maximum atomic E-state index is 12.6. The molecule has 1 amide bonds. The molecule has 1 aliphatic rings. The first-order valence-electron chi connectivity index (χ1n) is 8.72. The number of aliphatic imine (C=N–C) groups is 1. The van der Waals surface area contributed by atoms with Gasteiger partial charge in [-0.25, -0.2) is 4.99 Å². The second kappa shape index (κ2) is 8.31. The van der Waals surface area contributed by atoms with Crippen molar-refractivity contribution in [3.8, 4) is 11.5 Å². The minimum Gasteiger partial charge on any atom is -0.504 e. The minimum absolute atomic E-state index is 0.00715.